The van der Waals surface area contributed by atoms with Gasteiger partial charge in [-0.1, -0.05) is 49.6 Å². The summed E-state index contributed by atoms with van der Waals surface area (Å²) in [6.45, 7) is 5.75. The predicted octanol–water partition coefficient (Wildman–Crippen LogP) is 5.80. The molecule has 1 aromatic heterocycles. The molecule has 2 aliphatic heterocycles. The first-order valence-electron chi connectivity index (χ1n) is 14.1. The average Bonchev–Trinajstić information content (AvgIpc) is 3.12. The smallest absolute Gasteiger partial charge is 0.335 e. The van der Waals surface area contributed by atoms with Crippen LogP contribution in [0.5, 0.6) is 0 Å². The zero-order chi connectivity index (χ0) is 26.4. The number of carboxylic acid groups (broad SMARTS) is 1. The standard InChI is InChI=1S/C31H37N3O4/c1-19-16-33(17-20(2)38-19)31(37)32-24-14-22-10-6-7-11-25(22)29-28(21-8-4-3-5-9-21)26-13-12-23(30(35)36)15-27(26)34(29)18-24/h6-7,10-13,15,19-21,24H,3-5,8-9,14,16-18H2,1-2H3,(H,32,37)(H,35,36)/t19-,20+,24?. The molecule has 0 bridgehead atoms. The Hall–Kier alpha value is -3.32. The number of aromatic nitrogens is 1. The van der Waals surface area contributed by atoms with E-state index in [0.717, 1.165) is 30.2 Å². The molecule has 38 heavy (non-hydrogen) atoms. The highest BCUT2D eigenvalue weighted by molar-refractivity contribution is 5.98. The van der Waals surface area contributed by atoms with Gasteiger partial charge in [-0.05, 0) is 62.3 Å². The molecule has 0 spiro atoms. The molecule has 6 rings (SSSR count). The van der Waals surface area contributed by atoms with Crippen LogP contribution < -0.4 is 5.32 Å². The van der Waals surface area contributed by atoms with E-state index in [1.807, 2.05) is 30.9 Å². The van der Waals surface area contributed by atoms with Gasteiger partial charge in [-0.25, -0.2) is 9.59 Å². The number of amides is 2. The Labute approximate surface area is 223 Å². The summed E-state index contributed by atoms with van der Waals surface area (Å²) in [4.78, 5) is 27.2. The number of rotatable bonds is 3. The van der Waals surface area contributed by atoms with Crippen molar-refractivity contribution in [3.63, 3.8) is 0 Å². The number of aromatic carboxylic acids is 1. The minimum atomic E-state index is -0.920. The maximum absolute atomic E-state index is 13.4. The normalized spacial score (nSPS) is 23.9. The molecular weight excluding hydrogens is 478 g/mol. The molecule has 1 saturated carbocycles. The third-order valence-electron chi connectivity index (χ3n) is 8.54. The van der Waals surface area contributed by atoms with E-state index in [1.54, 1.807) is 6.07 Å². The minimum absolute atomic E-state index is 0.00634. The van der Waals surface area contributed by atoms with Crippen LogP contribution >= 0.6 is 0 Å². The quantitative estimate of drug-likeness (QED) is 0.462. The molecule has 2 amide bonds. The van der Waals surface area contributed by atoms with Crippen molar-refractivity contribution in [3.05, 3.63) is 59.2 Å². The monoisotopic (exact) mass is 515 g/mol. The van der Waals surface area contributed by atoms with Gasteiger partial charge < -0.3 is 24.6 Å². The van der Waals surface area contributed by atoms with Crippen LogP contribution in [-0.2, 0) is 17.7 Å². The maximum atomic E-state index is 13.4. The number of morpholine rings is 1. The fraction of sp³-hybridized carbons (Fsp3) is 0.484. The van der Waals surface area contributed by atoms with Gasteiger partial charge in [-0.2, -0.15) is 0 Å². The number of carbonyl (C=O) groups is 2. The van der Waals surface area contributed by atoms with Gasteiger partial charge >= 0.3 is 12.0 Å². The van der Waals surface area contributed by atoms with Gasteiger partial charge in [0.1, 0.15) is 0 Å². The molecule has 7 heteroatoms. The van der Waals surface area contributed by atoms with E-state index < -0.39 is 5.97 Å². The lowest BCUT2D eigenvalue weighted by atomic mass is 9.81. The number of carboxylic acids is 1. The number of hydrogen-bond donors (Lipinski definition) is 2. The first-order chi connectivity index (χ1) is 18.4. The lowest BCUT2D eigenvalue weighted by molar-refractivity contribution is -0.0548. The number of benzene rings is 2. The second kappa shape index (κ2) is 10.1. The SMILES string of the molecule is C[C@@H]1CN(C(=O)NC2Cc3ccccc3-c3c(C4CCCCC4)c4ccc(C(=O)O)cc4n3C2)C[C@H](C)O1. The number of nitrogens with zero attached hydrogens (tertiary/aromatic N) is 2. The Morgan fingerprint density at radius 2 is 1.71 bits per heavy atom. The number of ether oxygens (including phenoxy) is 1. The maximum Gasteiger partial charge on any atom is 0.335 e. The number of fused-ring (bicyclic) bond motifs is 5. The van der Waals surface area contributed by atoms with Gasteiger partial charge in [0.05, 0.1) is 29.5 Å². The van der Waals surface area contributed by atoms with Crippen LogP contribution in [0, 0.1) is 0 Å². The summed E-state index contributed by atoms with van der Waals surface area (Å²) < 4.78 is 8.13. The number of urea groups is 1. The van der Waals surface area contributed by atoms with E-state index >= 15 is 0 Å². The average molecular weight is 516 g/mol. The summed E-state index contributed by atoms with van der Waals surface area (Å²) in [5, 5.41) is 14.3. The Balaban J connectivity index is 1.46. The molecule has 200 valence electrons. The molecule has 2 N–H and O–H groups in total. The van der Waals surface area contributed by atoms with Crippen molar-refractivity contribution in [2.45, 2.75) is 83.1 Å². The van der Waals surface area contributed by atoms with Crippen molar-refractivity contribution in [1.82, 2.24) is 14.8 Å². The summed E-state index contributed by atoms with van der Waals surface area (Å²) >= 11 is 0. The summed E-state index contributed by atoms with van der Waals surface area (Å²) in [7, 11) is 0. The van der Waals surface area contributed by atoms with E-state index in [-0.39, 0.29) is 24.3 Å². The number of hydrogen-bond acceptors (Lipinski definition) is 3. The molecule has 3 heterocycles. The van der Waals surface area contributed by atoms with E-state index in [0.29, 0.717) is 31.1 Å². The molecule has 7 nitrogen and oxygen atoms in total. The molecular formula is C31H37N3O4. The molecule has 2 fully saturated rings. The Morgan fingerprint density at radius 3 is 2.45 bits per heavy atom. The topological polar surface area (TPSA) is 83.8 Å². The molecule has 2 aromatic carbocycles. The van der Waals surface area contributed by atoms with Crippen LogP contribution in [0.1, 0.15) is 73.4 Å². The molecule has 1 unspecified atom stereocenters. The fourth-order valence-electron chi connectivity index (χ4n) is 6.98. The first-order valence-corrected chi connectivity index (χ1v) is 14.1. The number of nitrogens with one attached hydrogen (secondary N) is 1. The van der Waals surface area contributed by atoms with Crippen molar-refractivity contribution in [1.29, 1.82) is 0 Å². The predicted molar refractivity (Wildman–Crippen MR) is 148 cm³/mol. The second-order valence-electron chi connectivity index (χ2n) is 11.4. The van der Waals surface area contributed by atoms with Crippen LogP contribution in [0.25, 0.3) is 22.2 Å². The molecule has 3 atom stereocenters. The first kappa shape index (κ1) is 25.0. The van der Waals surface area contributed by atoms with Gasteiger partial charge in [0.15, 0.2) is 0 Å². The highest BCUT2D eigenvalue weighted by atomic mass is 16.5. The minimum Gasteiger partial charge on any atom is -0.478 e. The largest absolute Gasteiger partial charge is 0.478 e. The third-order valence-corrected chi connectivity index (χ3v) is 8.54. The summed E-state index contributed by atoms with van der Waals surface area (Å²) in [5.41, 5.74) is 6.22. The molecule has 3 aromatic rings. The zero-order valence-corrected chi connectivity index (χ0v) is 22.3. The Morgan fingerprint density at radius 1 is 0.974 bits per heavy atom. The van der Waals surface area contributed by atoms with E-state index in [1.165, 1.54) is 41.6 Å². The van der Waals surface area contributed by atoms with Crippen LogP contribution in [0.2, 0.25) is 0 Å². The van der Waals surface area contributed by atoms with Gasteiger partial charge in [0.2, 0.25) is 0 Å². The van der Waals surface area contributed by atoms with Crippen molar-refractivity contribution >= 4 is 22.9 Å². The van der Waals surface area contributed by atoms with Crippen LogP contribution in [0.15, 0.2) is 42.5 Å². The zero-order valence-electron chi connectivity index (χ0n) is 22.3. The Bertz CT molecular complexity index is 1360. The summed E-state index contributed by atoms with van der Waals surface area (Å²) in [5.74, 6) is -0.468. The third kappa shape index (κ3) is 4.57. The van der Waals surface area contributed by atoms with Gasteiger partial charge in [-0.3, -0.25) is 0 Å². The molecule has 1 aliphatic carbocycles. The van der Waals surface area contributed by atoms with Crippen molar-refractivity contribution in [2.24, 2.45) is 0 Å². The Kier molecular flexibility index (Phi) is 6.64. The number of carbonyl (C=O) groups excluding carboxylic acids is 1. The highest BCUT2D eigenvalue weighted by Gasteiger charge is 2.33. The lowest BCUT2D eigenvalue weighted by Gasteiger charge is -2.36. The van der Waals surface area contributed by atoms with Crippen molar-refractivity contribution in [2.75, 3.05) is 13.1 Å². The molecule has 1 saturated heterocycles. The molecule has 3 aliphatic rings. The van der Waals surface area contributed by atoms with Crippen molar-refractivity contribution in [3.8, 4) is 11.3 Å². The van der Waals surface area contributed by atoms with E-state index in [4.69, 9.17) is 4.74 Å². The van der Waals surface area contributed by atoms with Crippen LogP contribution in [0.4, 0.5) is 4.79 Å². The summed E-state index contributed by atoms with van der Waals surface area (Å²) in [6, 6.07) is 13.9. The van der Waals surface area contributed by atoms with Gasteiger partial charge in [0.25, 0.3) is 0 Å². The highest BCUT2D eigenvalue weighted by Crippen LogP contribution is 2.46. The van der Waals surface area contributed by atoms with Gasteiger partial charge in [-0.15, -0.1) is 0 Å². The summed E-state index contributed by atoms with van der Waals surface area (Å²) in [6.07, 6.45) is 6.77. The fourth-order valence-corrected chi connectivity index (χ4v) is 6.98. The molecule has 0 radical (unpaired) electrons. The van der Waals surface area contributed by atoms with Crippen LogP contribution in [0.3, 0.4) is 0 Å². The van der Waals surface area contributed by atoms with Gasteiger partial charge in [0, 0.05) is 36.1 Å². The van der Waals surface area contributed by atoms with E-state index in [2.05, 4.69) is 34.1 Å². The van der Waals surface area contributed by atoms with Crippen molar-refractivity contribution < 1.29 is 19.4 Å². The van der Waals surface area contributed by atoms with Crippen LogP contribution in [-0.4, -0.2) is 57.9 Å². The second-order valence-corrected chi connectivity index (χ2v) is 11.4. The lowest BCUT2D eigenvalue weighted by Crippen LogP contribution is -2.54. The van der Waals surface area contributed by atoms with E-state index in [9.17, 15) is 14.7 Å².